The molecule has 0 saturated carbocycles. The van der Waals surface area contributed by atoms with Gasteiger partial charge in [0.15, 0.2) is 5.96 Å². The first-order valence-corrected chi connectivity index (χ1v) is 10.1. The van der Waals surface area contributed by atoms with E-state index in [0.29, 0.717) is 29.0 Å². The number of hydrogen-bond acceptors (Lipinski definition) is 6. The zero-order valence-electron chi connectivity index (χ0n) is 16.3. The molecule has 3 rings (SSSR count). The minimum Gasteiger partial charge on any atom is -0.367 e. The molecule has 0 bridgehead atoms. The maximum Gasteiger partial charge on any atom is 0.194 e. The zero-order chi connectivity index (χ0) is 19.8. The number of nitrogens with one attached hydrogen (secondary N) is 2. The van der Waals surface area contributed by atoms with Crippen molar-refractivity contribution in [3.63, 3.8) is 0 Å². The summed E-state index contributed by atoms with van der Waals surface area (Å²) in [7, 11) is 0. The highest BCUT2D eigenvalue weighted by Crippen LogP contribution is 2.22. The van der Waals surface area contributed by atoms with Crippen molar-refractivity contribution in [2.24, 2.45) is 4.99 Å². The molecular formula is C18H26Cl2IN7O. The molecule has 160 valence electrons. The normalized spacial score (nSPS) is 15.1. The Balaban J connectivity index is 0.00000300. The van der Waals surface area contributed by atoms with Crippen LogP contribution in [-0.2, 0) is 6.54 Å². The SMILES string of the molecule is CCNC(=NCCNc1ncc(Cl)cc1Cl)N1CCN(Cc2ccon2)CC1.I. The fourth-order valence-electron chi connectivity index (χ4n) is 2.97. The van der Waals surface area contributed by atoms with Crippen LogP contribution in [0.15, 0.2) is 34.1 Å². The molecule has 0 amide bonds. The van der Waals surface area contributed by atoms with Crippen molar-refractivity contribution in [1.29, 1.82) is 0 Å². The summed E-state index contributed by atoms with van der Waals surface area (Å²) in [6.45, 7) is 8.72. The van der Waals surface area contributed by atoms with Gasteiger partial charge in [-0.1, -0.05) is 28.4 Å². The molecule has 1 fully saturated rings. The van der Waals surface area contributed by atoms with Gasteiger partial charge < -0.3 is 20.1 Å². The Kier molecular flexibility index (Phi) is 10.3. The van der Waals surface area contributed by atoms with Crippen LogP contribution in [-0.4, -0.2) is 71.7 Å². The van der Waals surface area contributed by atoms with Gasteiger partial charge in [-0.05, 0) is 13.0 Å². The predicted molar refractivity (Wildman–Crippen MR) is 127 cm³/mol. The monoisotopic (exact) mass is 553 g/mol. The van der Waals surface area contributed by atoms with Crippen molar-refractivity contribution in [2.45, 2.75) is 13.5 Å². The van der Waals surface area contributed by atoms with Crippen molar-refractivity contribution < 1.29 is 4.52 Å². The highest BCUT2D eigenvalue weighted by Gasteiger charge is 2.20. The van der Waals surface area contributed by atoms with E-state index in [4.69, 9.17) is 32.7 Å². The lowest BCUT2D eigenvalue weighted by Crippen LogP contribution is -2.52. The maximum absolute atomic E-state index is 6.13. The number of rotatable bonds is 7. The van der Waals surface area contributed by atoms with Crippen LogP contribution in [0.1, 0.15) is 12.6 Å². The zero-order valence-corrected chi connectivity index (χ0v) is 20.1. The smallest absolute Gasteiger partial charge is 0.194 e. The van der Waals surface area contributed by atoms with Gasteiger partial charge in [-0.15, -0.1) is 24.0 Å². The summed E-state index contributed by atoms with van der Waals surface area (Å²) in [6.07, 6.45) is 3.18. The minimum atomic E-state index is 0. The van der Waals surface area contributed by atoms with E-state index in [1.54, 1.807) is 18.5 Å². The first kappa shape index (κ1) is 24.0. The van der Waals surface area contributed by atoms with Crippen LogP contribution in [0.2, 0.25) is 10.0 Å². The van der Waals surface area contributed by atoms with Crippen molar-refractivity contribution in [2.75, 3.05) is 51.1 Å². The van der Waals surface area contributed by atoms with Crippen LogP contribution in [0.5, 0.6) is 0 Å². The summed E-state index contributed by atoms with van der Waals surface area (Å²) in [4.78, 5) is 13.6. The van der Waals surface area contributed by atoms with Crippen LogP contribution in [0.25, 0.3) is 0 Å². The van der Waals surface area contributed by atoms with Crippen LogP contribution < -0.4 is 10.6 Å². The maximum atomic E-state index is 6.13. The average Bonchev–Trinajstić information content (AvgIpc) is 3.19. The molecule has 2 aromatic rings. The molecule has 0 atom stereocenters. The molecule has 0 spiro atoms. The molecule has 0 aromatic carbocycles. The molecule has 0 unspecified atom stereocenters. The van der Waals surface area contributed by atoms with Gasteiger partial charge in [0.1, 0.15) is 12.1 Å². The number of aromatic nitrogens is 2. The Bertz CT molecular complexity index is 768. The first-order valence-electron chi connectivity index (χ1n) is 9.35. The third kappa shape index (κ3) is 7.47. The van der Waals surface area contributed by atoms with Crippen molar-refractivity contribution in [3.8, 4) is 0 Å². The molecule has 8 nitrogen and oxygen atoms in total. The van der Waals surface area contributed by atoms with E-state index in [-0.39, 0.29) is 24.0 Å². The lowest BCUT2D eigenvalue weighted by molar-refractivity contribution is 0.169. The number of piperazine rings is 1. The molecule has 0 aliphatic carbocycles. The molecule has 2 N–H and O–H groups in total. The lowest BCUT2D eigenvalue weighted by Gasteiger charge is -2.36. The highest BCUT2D eigenvalue weighted by atomic mass is 127. The van der Waals surface area contributed by atoms with E-state index in [9.17, 15) is 0 Å². The van der Waals surface area contributed by atoms with Gasteiger partial charge >= 0.3 is 0 Å². The van der Waals surface area contributed by atoms with Crippen LogP contribution >= 0.6 is 47.2 Å². The number of aliphatic imine (C=N–C) groups is 1. The van der Waals surface area contributed by atoms with E-state index >= 15 is 0 Å². The molecule has 11 heteroatoms. The van der Waals surface area contributed by atoms with E-state index < -0.39 is 0 Å². The molecular weight excluding hydrogens is 528 g/mol. The summed E-state index contributed by atoms with van der Waals surface area (Å²) in [6, 6.07) is 3.58. The first-order chi connectivity index (χ1) is 13.7. The molecule has 1 aliphatic rings. The number of hydrogen-bond donors (Lipinski definition) is 2. The van der Waals surface area contributed by atoms with Gasteiger partial charge in [0.2, 0.25) is 0 Å². The summed E-state index contributed by atoms with van der Waals surface area (Å²) < 4.78 is 4.91. The Morgan fingerprint density at radius 3 is 2.72 bits per heavy atom. The lowest BCUT2D eigenvalue weighted by atomic mass is 10.3. The second-order valence-electron chi connectivity index (χ2n) is 6.40. The predicted octanol–water partition coefficient (Wildman–Crippen LogP) is 3.19. The number of nitrogens with zero attached hydrogens (tertiary/aromatic N) is 5. The van der Waals surface area contributed by atoms with Crippen LogP contribution in [0, 0.1) is 0 Å². The molecule has 1 saturated heterocycles. The van der Waals surface area contributed by atoms with Gasteiger partial charge in [-0.3, -0.25) is 9.89 Å². The van der Waals surface area contributed by atoms with Gasteiger partial charge in [0.05, 0.1) is 22.3 Å². The van der Waals surface area contributed by atoms with Gasteiger partial charge in [0.25, 0.3) is 0 Å². The van der Waals surface area contributed by atoms with E-state index in [0.717, 1.165) is 50.9 Å². The Morgan fingerprint density at radius 1 is 1.28 bits per heavy atom. The second-order valence-corrected chi connectivity index (χ2v) is 7.24. The van der Waals surface area contributed by atoms with Crippen molar-refractivity contribution in [3.05, 3.63) is 40.3 Å². The second kappa shape index (κ2) is 12.4. The molecule has 2 aromatic heterocycles. The quantitative estimate of drug-likeness (QED) is 0.236. The van der Waals surface area contributed by atoms with E-state index in [1.807, 2.05) is 6.07 Å². The fraction of sp³-hybridized carbons (Fsp3) is 0.500. The van der Waals surface area contributed by atoms with Gasteiger partial charge in [-0.25, -0.2) is 4.98 Å². The molecule has 1 aliphatic heterocycles. The van der Waals surface area contributed by atoms with Crippen molar-refractivity contribution in [1.82, 2.24) is 25.3 Å². The number of pyridine rings is 1. The van der Waals surface area contributed by atoms with E-state index in [1.165, 1.54) is 0 Å². The summed E-state index contributed by atoms with van der Waals surface area (Å²) >= 11 is 12.0. The summed E-state index contributed by atoms with van der Waals surface area (Å²) in [5.41, 5.74) is 0.967. The molecule has 29 heavy (non-hydrogen) atoms. The Labute approximate surface area is 198 Å². The average molecular weight is 554 g/mol. The Morgan fingerprint density at radius 2 is 2.07 bits per heavy atom. The largest absolute Gasteiger partial charge is 0.367 e. The van der Waals surface area contributed by atoms with Crippen LogP contribution in [0.4, 0.5) is 5.82 Å². The van der Waals surface area contributed by atoms with Crippen molar-refractivity contribution >= 4 is 59.0 Å². The Hall–Kier alpha value is -1.30. The standard InChI is InChI=1S/C18H25Cl2N7O.HI/c1-2-21-18(23-5-4-22-17-16(20)11-14(19)12-24-17)27-8-6-26(7-9-27)13-15-3-10-28-25-15;/h3,10-12H,2,4-9,13H2,1H3,(H,21,23)(H,22,24);1H. The summed E-state index contributed by atoms with van der Waals surface area (Å²) in [5, 5.41) is 11.6. The summed E-state index contributed by atoms with van der Waals surface area (Å²) in [5.74, 6) is 1.55. The third-order valence-corrected chi connectivity index (χ3v) is 4.85. The van der Waals surface area contributed by atoms with E-state index in [2.05, 4.69) is 37.5 Å². The fourth-order valence-corrected chi connectivity index (χ4v) is 3.42. The number of guanidine groups is 1. The highest BCUT2D eigenvalue weighted by molar-refractivity contribution is 14.0. The third-order valence-electron chi connectivity index (χ3n) is 4.36. The van der Waals surface area contributed by atoms with Gasteiger partial charge in [0, 0.05) is 58.1 Å². The molecule has 3 heterocycles. The topological polar surface area (TPSA) is 81.8 Å². The molecule has 0 radical (unpaired) electrons. The number of halogens is 3. The van der Waals surface area contributed by atoms with Gasteiger partial charge in [-0.2, -0.15) is 0 Å². The number of anilines is 1. The minimum absolute atomic E-state index is 0. The van der Waals surface area contributed by atoms with Crippen LogP contribution in [0.3, 0.4) is 0 Å².